The fourth-order valence-corrected chi connectivity index (χ4v) is 3.82. The van der Waals surface area contributed by atoms with E-state index in [1.165, 1.54) is 17.8 Å². The summed E-state index contributed by atoms with van der Waals surface area (Å²) in [7, 11) is 1.54. The summed E-state index contributed by atoms with van der Waals surface area (Å²) in [5.74, 6) is -0.542. The molecule has 0 bridgehead atoms. The smallest absolute Gasteiger partial charge is 0.266 e. The Bertz CT molecular complexity index is 999. The van der Waals surface area contributed by atoms with Crippen LogP contribution in [0.2, 0.25) is 0 Å². The molecule has 2 amide bonds. The van der Waals surface area contributed by atoms with Gasteiger partial charge in [-0.25, -0.2) is 4.98 Å². The average Bonchev–Trinajstić information content (AvgIpc) is 3.24. The minimum Gasteiger partial charge on any atom is -0.376 e. The van der Waals surface area contributed by atoms with Gasteiger partial charge in [0, 0.05) is 32.1 Å². The van der Waals surface area contributed by atoms with E-state index >= 15 is 0 Å². The van der Waals surface area contributed by atoms with E-state index in [-0.39, 0.29) is 23.3 Å². The Morgan fingerprint density at radius 3 is 2.80 bits per heavy atom. The van der Waals surface area contributed by atoms with E-state index < -0.39 is 11.5 Å². The van der Waals surface area contributed by atoms with Crippen LogP contribution >= 0.6 is 11.8 Å². The lowest BCUT2D eigenvalue weighted by atomic mass is 10.1. The molecule has 1 atom stereocenters. The minimum atomic E-state index is -0.516. The highest BCUT2D eigenvalue weighted by molar-refractivity contribution is 7.99. The van der Waals surface area contributed by atoms with E-state index in [9.17, 15) is 14.4 Å². The highest BCUT2D eigenvalue weighted by Crippen LogP contribution is 2.16. The maximum atomic E-state index is 12.6. The Hall–Kier alpha value is -2.65. The third kappa shape index (κ3) is 5.48. The predicted octanol–water partition coefficient (Wildman–Crippen LogP) is 2.04. The molecule has 160 valence electrons. The number of rotatable bonds is 7. The molecule has 1 saturated heterocycles. The van der Waals surface area contributed by atoms with Gasteiger partial charge in [-0.1, -0.05) is 17.8 Å². The average molecular weight is 431 g/mol. The Balaban J connectivity index is 1.60. The summed E-state index contributed by atoms with van der Waals surface area (Å²) in [6.07, 6.45) is 3.31. The number of hydrogen-bond donors (Lipinski definition) is 2. The van der Waals surface area contributed by atoms with Crippen LogP contribution in [-0.4, -0.2) is 46.4 Å². The first kappa shape index (κ1) is 22.0. The van der Waals surface area contributed by atoms with Crippen molar-refractivity contribution in [2.75, 3.05) is 24.2 Å². The summed E-state index contributed by atoms with van der Waals surface area (Å²) in [4.78, 5) is 41.4. The van der Waals surface area contributed by atoms with Crippen molar-refractivity contribution < 1.29 is 14.3 Å². The van der Waals surface area contributed by atoms with Crippen molar-refractivity contribution in [2.45, 2.75) is 37.9 Å². The number of anilines is 1. The van der Waals surface area contributed by atoms with Crippen molar-refractivity contribution in [3.63, 3.8) is 0 Å². The summed E-state index contributed by atoms with van der Waals surface area (Å²) in [6.45, 7) is 5.17. The number of thioether (sulfide) groups is 1. The van der Waals surface area contributed by atoms with Crippen LogP contribution in [0.15, 0.2) is 34.3 Å². The second-order valence-corrected chi connectivity index (χ2v) is 8.24. The maximum absolute atomic E-state index is 12.6. The van der Waals surface area contributed by atoms with Crippen molar-refractivity contribution in [3.05, 3.63) is 51.4 Å². The molecule has 30 heavy (non-hydrogen) atoms. The van der Waals surface area contributed by atoms with Gasteiger partial charge in [0.25, 0.3) is 11.5 Å². The van der Waals surface area contributed by atoms with Crippen molar-refractivity contribution in [3.8, 4) is 0 Å². The van der Waals surface area contributed by atoms with Gasteiger partial charge in [0.2, 0.25) is 5.91 Å². The van der Waals surface area contributed by atoms with Crippen LogP contribution in [-0.2, 0) is 16.6 Å². The molecule has 2 heterocycles. The Morgan fingerprint density at radius 1 is 1.30 bits per heavy atom. The molecule has 1 aliphatic heterocycles. The fourth-order valence-electron chi connectivity index (χ4n) is 3.05. The predicted molar refractivity (Wildman–Crippen MR) is 116 cm³/mol. The summed E-state index contributed by atoms with van der Waals surface area (Å²) in [5.41, 5.74) is 2.26. The van der Waals surface area contributed by atoms with Gasteiger partial charge >= 0.3 is 0 Å². The number of aryl methyl sites for hydroxylation is 2. The van der Waals surface area contributed by atoms with E-state index in [4.69, 9.17) is 4.74 Å². The number of amides is 2. The van der Waals surface area contributed by atoms with Crippen molar-refractivity contribution in [2.24, 2.45) is 7.05 Å². The normalized spacial score (nSPS) is 15.8. The number of benzene rings is 1. The largest absolute Gasteiger partial charge is 0.376 e. The van der Waals surface area contributed by atoms with E-state index in [0.717, 1.165) is 42.3 Å². The zero-order valence-electron chi connectivity index (χ0n) is 17.4. The van der Waals surface area contributed by atoms with Crippen LogP contribution in [0.1, 0.15) is 34.3 Å². The van der Waals surface area contributed by atoms with Crippen LogP contribution in [0.3, 0.4) is 0 Å². The molecular weight excluding hydrogens is 404 g/mol. The molecule has 1 aliphatic rings. The summed E-state index contributed by atoms with van der Waals surface area (Å²) >= 11 is 1.15. The number of aromatic nitrogens is 2. The number of carbonyl (C=O) groups is 2. The van der Waals surface area contributed by atoms with Gasteiger partial charge in [0.1, 0.15) is 5.56 Å². The van der Waals surface area contributed by atoms with E-state index in [2.05, 4.69) is 15.6 Å². The molecule has 2 aromatic rings. The van der Waals surface area contributed by atoms with Gasteiger partial charge in [0.05, 0.1) is 11.9 Å². The third-order valence-electron chi connectivity index (χ3n) is 5.02. The Labute approximate surface area is 179 Å². The van der Waals surface area contributed by atoms with Gasteiger partial charge < -0.3 is 15.4 Å². The van der Waals surface area contributed by atoms with Gasteiger partial charge in [-0.2, -0.15) is 0 Å². The third-order valence-corrected chi connectivity index (χ3v) is 6.06. The molecule has 2 N–H and O–H groups in total. The molecule has 0 spiro atoms. The summed E-state index contributed by atoms with van der Waals surface area (Å²) in [5, 5.41) is 5.93. The number of nitrogens with zero attached hydrogens (tertiary/aromatic N) is 2. The van der Waals surface area contributed by atoms with Crippen LogP contribution in [0.5, 0.6) is 0 Å². The summed E-state index contributed by atoms with van der Waals surface area (Å²) in [6, 6.07) is 5.55. The lowest BCUT2D eigenvalue weighted by molar-refractivity contribution is -0.119. The van der Waals surface area contributed by atoms with Crippen LogP contribution < -0.4 is 16.2 Å². The van der Waals surface area contributed by atoms with Crippen molar-refractivity contribution in [1.82, 2.24) is 14.9 Å². The standard InChI is InChI=1S/C21H26N4O4S/c1-13-6-7-15(9-14(13)2)24-19(27)17-11-23-21(25(3)20(17)28)30-12-18(26)22-10-16-5-4-8-29-16/h6-7,9,11,16H,4-5,8,10,12H2,1-3H3,(H,22,26)(H,24,27)/t16-/m1/s1. The SMILES string of the molecule is Cc1ccc(NC(=O)c2cnc(SCC(=O)NC[C@H]3CCCO3)n(C)c2=O)cc1C. The van der Waals surface area contributed by atoms with Crippen LogP contribution in [0.4, 0.5) is 5.69 Å². The van der Waals surface area contributed by atoms with E-state index in [1.54, 1.807) is 6.07 Å². The first-order valence-electron chi connectivity index (χ1n) is 9.81. The number of carbonyl (C=O) groups excluding carboxylic acids is 2. The Kier molecular flexibility index (Phi) is 7.28. The molecule has 0 saturated carbocycles. The second kappa shape index (κ2) is 9.90. The molecule has 3 rings (SSSR count). The molecule has 0 radical (unpaired) electrons. The van der Waals surface area contributed by atoms with Crippen molar-refractivity contribution >= 4 is 29.3 Å². The summed E-state index contributed by atoms with van der Waals surface area (Å²) < 4.78 is 6.76. The Morgan fingerprint density at radius 2 is 2.10 bits per heavy atom. The molecule has 1 aromatic heterocycles. The number of ether oxygens (including phenoxy) is 1. The van der Waals surface area contributed by atoms with Crippen molar-refractivity contribution in [1.29, 1.82) is 0 Å². The van der Waals surface area contributed by atoms with Gasteiger partial charge in [-0.3, -0.25) is 19.0 Å². The van der Waals surface area contributed by atoms with Crippen LogP contribution in [0, 0.1) is 13.8 Å². The molecule has 8 nitrogen and oxygen atoms in total. The lowest BCUT2D eigenvalue weighted by Gasteiger charge is -2.12. The van der Waals surface area contributed by atoms with E-state index in [0.29, 0.717) is 17.4 Å². The lowest BCUT2D eigenvalue weighted by Crippen LogP contribution is -2.33. The van der Waals surface area contributed by atoms with Gasteiger partial charge in [-0.15, -0.1) is 0 Å². The monoisotopic (exact) mass is 430 g/mol. The van der Waals surface area contributed by atoms with Gasteiger partial charge in [-0.05, 0) is 49.9 Å². The fraction of sp³-hybridized carbons (Fsp3) is 0.429. The molecule has 9 heteroatoms. The zero-order valence-corrected chi connectivity index (χ0v) is 18.2. The first-order valence-corrected chi connectivity index (χ1v) is 10.8. The molecular formula is C21H26N4O4S. The molecule has 0 unspecified atom stereocenters. The minimum absolute atomic E-state index is 0.0529. The zero-order chi connectivity index (χ0) is 21.7. The first-order chi connectivity index (χ1) is 14.3. The number of nitrogens with one attached hydrogen (secondary N) is 2. The topological polar surface area (TPSA) is 102 Å². The van der Waals surface area contributed by atoms with E-state index in [1.807, 2.05) is 26.0 Å². The van der Waals surface area contributed by atoms with Gasteiger partial charge in [0.15, 0.2) is 5.16 Å². The quantitative estimate of drug-likeness (QED) is 0.515. The maximum Gasteiger partial charge on any atom is 0.266 e. The molecule has 0 aliphatic carbocycles. The second-order valence-electron chi connectivity index (χ2n) is 7.30. The molecule has 1 fully saturated rings. The molecule has 1 aromatic carbocycles. The highest BCUT2D eigenvalue weighted by atomic mass is 32.2. The highest BCUT2D eigenvalue weighted by Gasteiger charge is 2.18. The number of hydrogen-bond acceptors (Lipinski definition) is 6. The van der Waals surface area contributed by atoms with Crippen LogP contribution in [0.25, 0.3) is 0 Å².